The first-order chi connectivity index (χ1) is 7.83. The molecule has 1 fully saturated rings. The molecule has 96 valence electrons. The summed E-state index contributed by atoms with van der Waals surface area (Å²) in [6, 6.07) is 0. The van der Waals surface area contributed by atoms with Gasteiger partial charge in [0.15, 0.2) is 0 Å². The lowest BCUT2D eigenvalue weighted by Crippen LogP contribution is -2.32. The van der Waals surface area contributed by atoms with Gasteiger partial charge >= 0.3 is 0 Å². The summed E-state index contributed by atoms with van der Waals surface area (Å²) in [6.07, 6.45) is 14.4. The zero-order valence-electron chi connectivity index (χ0n) is 11.5. The minimum Gasteiger partial charge on any atom is -0.316 e. The topological polar surface area (TPSA) is 12.0 Å². The van der Waals surface area contributed by atoms with Crippen LogP contribution in [0.3, 0.4) is 0 Å². The van der Waals surface area contributed by atoms with Crippen LogP contribution >= 0.6 is 0 Å². The van der Waals surface area contributed by atoms with Crippen LogP contribution in [0.25, 0.3) is 0 Å². The molecule has 1 aliphatic rings. The Morgan fingerprint density at radius 2 is 1.69 bits per heavy atom. The molecule has 0 radical (unpaired) electrons. The maximum absolute atomic E-state index is 3.66. The van der Waals surface area contributed by atoms with E-state index in [0.717, 1.165) is 0 Å². The van der Waals surface area contributed by atoms with E-state index in [4.69, 9.17) is 0 Å². The molecular formula is C15H31N. The molecular weight excluding hydrogens is 194 g/mol. The molecule has 0 heterocycles. The second kappa shape index (κ2) is 8.11. The zero-order valence-corrected chi connectivity index (χ0v) is 11.5. The van der Waals surface area contributed by atoms with Gasteiger partial charge in [-0.1, -0.05) is 52.4 Å². The molecule has 0 atom stereocenters. The smallest absolute Gasteiger partial charge is 0.000780 e. The lowest BCUT2D eigenvalue weighted by Gasteiger charge is -2.29. The second-order valence-electron chi connectivity index (χ2n) is 5.69. The zero-order chi connectivity index (χ0) is 11.7. The van der Waals surface area contributed by atoms with Crippen molar-refractivity contribution in [3.63, 3.8) is 0 Å². The Balaban J connectivity index is 2.22. The monoisotopic (exact) mass is 225 g/mol. The minimum absolute atomic E-state index is 0.683. The highest BCUT2D eigenvalue weighted by Gasteiger charge is 2.32. The van der Waals surface area contributed by atoms with Crippen LogP contribution in [0.5, 0.6) is 0 Å². The Morgan fingerprint density at radius 1 is 0.938 bits per heavy atom. The summed E-state index contributed by atoms with van der Waals surface area (Å²) in [4.78, 5) is 0. The standard InChI is InChI=1S/C15H31N/c1-3-5-6-7-10-15(11-8-9-12-15)14-16-13-4-2/h16H,3-14H2,1-2H3. The van der Waals surface area contributed by atoms with E-state index in [1.807, 2.05) is 0 Å². The Bertz CT molecular complexity index is 159. The molecule has 1 heteroatoms. The van der Waals surface area contributed by atoms with E-state index in [9.17, 15) is 0 Å². The van der Waals surface area contributed by atoms with E-state index in [0.29, 0.717) is 5.41 Å². The van der Waals surface area contributed by atoms with Crippen molar-refractivity contribution in [2.24, 2.45) is 5.41 Å². The summed E-state index contributed by atoms with van der Waals surface area (Å²) in [7, 11) is 0. The summed E-state index contributed by atoms with van der Waals surface area (Å²) in [5, 5.41) is 3.66. The predicted octanol–water partition coefficient (Wildman–Crippen LogP) is 4.52. The molecule has 1 aliphatic carbocycles. The molecule has 0 aromatic heterocycles. The number of hydrogen-bond donors (Lipinski definition) is 1. The molecule has 0 aromatic carbocycles. The Hall–Kier alpha value is -0.0400. The molecule has 1 nitrogen and oxygen atoms in total. The van der Waals surface area contributed by atoms with Gasteiger partial charge < -0.3 is 5.32 Å². The van der Waals surface area contributed by atoms with E-state index in [1.165, 1.54) is 77.3 Å². The van der Waals surface area contributed by atoms with Gasteiger partial charge in [-0.2, -0.15) is 0 Å². The number of rotatable bonds is 9. The normalized spacial score (nSPS) is 19.1. The van der Waals surface area contributed by atoms with E-state index in [2.05, 4.69) is 19.2 Å². The highest BCUT2D eigenvalue weighted by Crippen LogP contribution is 2.41. The molecule has 1 saturated carbocycles. The molecule has 0 saturated heterocycles. The van der Waals surface area contributed by atoms with E-state index >= 15 is 0 Å². The first-order valence-corrected chi connectivity index (χ1v) is 7.54. The molecule has 0 aromatic rings. The third-order valence-corrected chi connectivity index (χ3v) is 4.15. The SMILES string of the molecule is CCCCCCC1(CNCCC)CCCC1. The summed E-state index contributed by atoms with van der Waals surface area (Å²) < 4.78 is 0. The highest BCUT2D eigenvalue weighted by molar-refractivity contribution is 4.86. The van der Waals surface area contributed by atoms with Gasteiger partial charge in [-0.15, -0.1) is 0 Å². The largest absolute Gasteiger partial charge is 0.316 e. The molecule has 0 bridgehead atoms. The molecule has 0 unspecified atom stereocenters. The van der Waals surface area contributed by atoms with Crippen LogP contribution in [-0.2, 0) is 0 Å². The lowest BCUT2D eigenvalue weighted by atomic mass is 9.80. The van der Waals surface area contributed by atoms with Crippen molar-refractivity contribution in [3.05, 3.63) is 0 Å². The van der Waals surface area contributed by atoms with E-state index < -0.39 is 0 Å². The first kappa shape index (κ1) is 14.0. The molecule has 0 spiro atoms. The lowest BCUT2D eigenvalue weighted by molar-refractivity contribution is 0.248. The van der Waals surface area contributed by atoms with Crippen LogP contribution in [-0.4, -0.2) is 13.1 Å². The van der Waals surface area contributed by atoms with Gasteiger partial charge in [0, 0.05) is 6.54 Å². The van der Waals surface area contributed by atoms with Gasteiger partial charge in [-0.25, -0.2) is 0 Å². The third kappa shape index (κ3) is 4.86. The number of nitrogens with one attached hydrogen (secondary N) is 1. The fourth-order valence-corrected chi connectivity index (χ4v) is 3.10. The quantitative estimate of drug-likeness (QED) is 0.569. The van der Waals surface area contributed by atoms with Crippen LogP contribution in [0.4, 0.5) is 0 Å². The van der Waals surface area contributed by atoms with E-state index in [-0.39, 0.29) is 0 Å². The van der Waals surface area contributed by atoms with Gasteiger partial charge in [-0.3, -0.25) is 0 Å². The predicted molar refractivity (Wildman–Crippen MR) is 72.8 cm³/mol. The van der Waals surface area contributed by atoms with Crippen LogP contribution in [0, 0.1) is 5.41 Å². The summed E-state index contributed by atoms with van der Waals surface area (Å²) in [6.45, 7) is 7.05. The van der Waals surface area contributed by atoms with Crippen LogP contribution in [0.1, 0.15) is 78.1 Å². The Kier molecular flexibility index (Phi) is 7.11. The maximum atomic E-state index is 3.66. The molecule has 0 aliphatic heterocycles. The Morgan fingerprint density at radius 3 is 2.31 bits per heavy atom. The van der Waals surface area contributed by atoms with Gasteiger partial charge in [0.05, 0.1) is 0 Å². The van der Waals surface area contributed by atoms with Gasteiger partial charge in [0.2, 0.25) is 0 Å². The first-order valence-electron chi connectivity index (χ1n) is 7.54. The molecule has 0 amide bonds. The van der Waals surface area contributed by atoms with Crippen molar-refractivity contribution in [1.29, 1.82) is 0 Å². The van der Waals surface area contributed by atoms with Gasteiger partial charge in [0.1, 0.15) is 0 Å². The fourth-order valence-electron chi connectivity index (χ4n) is 3.10. The van der Waals surface area contributed by atoms with Crippen molar-refractivity contribution in [2.75, 3.05) is 13.1 Å². The van der Waals surface area contributed by atoms with Crippen LogP contribution in [0.15, 0.2) is 0 Å². The van der Waals surface area contributed by atoms with Gasteiger partial charge in [-0.05, 0) is 37.6 Å². The third-order valence-electron chi connectivity index (χ3n) is 4.15. The number of hydrogen-bond acceptors (Lipinski definition) is 1. The fraction of sp³-hybridized carbons (Fsp3) is 1.00. The number of unbranched alkanes of at least 4 members (excludes halogenated alkanes) is 3. The van der Waals surface area contributed by atoms with Crippen molar-refractivity contribution < 1.29 is 0 Å². The summed E-state index contributed by atoms with van der Waals surface area (Å²) in [5.41, 5.74) is 0.683. The molecule has 1 rings (SSSR count). The average molecular weight is 225 g/mol. The van der Waals surface area contributed by atoms with E-state index in [1.54, 1.807) is 0 Å². The molecule has 1 N–H and O–H groups in total. The highest BCUT2D eigenvalue weighted by atomic mass is 14.9. The molecule has 16 heavy (non-hydrogen) atoms. The summed E-state index contributed by atoms with van der Waals surface area (Å²) in [5.74, 6) is 0. The van der Waals surface area contributed by atoms with Crippen LogP contribution in [0.2, 0.25) is 0 Å². The van der Waals surface area contributed by atoms with Crippen LogP contribution < -0.4 is 5.32 Å². The average Bonchev–Trinajstić information content (AvgIpc) is 2.74. The van der Waals surface area contributed by atoms with Crippen molar-refractivity contribution in [2.45, 2.75) is 78.1 Å². The van der Waals surface area contributed by atoms with Crippen molar-refractivity contribution in [3.8, 4) is 0 Å². The van der Waals surface area contributed by atoms with Crippen molar-refractivity contribution >= 4 is 0 Å². The van der Waals surface area contributed by atoms with Crippen molar-refractivity contribution in [1.82, 2.24) is 5.32 Å². The minimum atomic E-state index is 0.683. The summed E-state index contributed by atoms with van der Waals surface area (Å²) >= 11 is 0. The Labute approximate surface area is 102 Å². The second-order valence-corrected chi connectivity index (χ2v) is 5.69. The maximum Gasteiger partial charge on any atom is 0.000780 e. The van der Waals surface area contributed by atoms with Gasteiger partial charge in [0.25, 0.3) is 0 Å².